The lowest BCUT2D eigenvalue weighted by molar-refractivity contribution is -0.119. The van der Waals surface area contributed by atoms with E-state index in [4.69, 9.17) is 0 Å². The lowest BCUT2D eigenvalue weighted by Crippen LogP contribution is -2.27. The fourth-order valence-electron chi connectivity index (χ4n) is 1.56. The van der Waals surface area contributed by atoms with Crippen molar-refractivity contribution in [1.29, 1.82) is 0 Å². The van der Waals surface area contributed by atoms with Gasteiger partial charge in [-0.05, 0) is 43.0 Å². The molecule has 0 atom stereocenters. The molecule has 0 saturated heterocycles. The molecule has 16 heavy (non-hydrogen) atoms. The molecule has 0 aliphatic carbocycles. The lowest BCUT2D eigenvalue weighted by Gasteiger charge is -2.19. The Bertz CT molecular complexity index is 382. The molecule has 1 aromatic rings. The minimum Gasteiger partial charge on any atom is -0.315 e. The van der Waals surface area contributed by atoms with Crippen LogP contribution in [0.4, 0.5) is 5.69 Å². The molecule has 0 aromatic heterocycles. The van der Waals surface area contributed by atoms with E-state index in [1.54, 1.807) is 4.90 Å². The van der Waals surface area contributed by atoms with Crippen molar-refractivity contribution >= 4 is 11.6 Å². The highest BCUT2D eigenvalue weighted by atomic mass is 16.2. The number of benzene rings is 1. The molecule has 0 aliphatic rings. The van der Waals surface area contributed by atoms with E-state index >= 15 is 0 Å². The van der Waals surface area contributed by atoms with Crippen LogP contribution in [0.3, 0.4) is 0 Å². The lowest BCUT2D eigenvalue weighted by atomic mass is 10.1. The summed E-state index contributed by atoms with van der Waals surface area (Å²) in [7, 11) is 1.84. The summed E-state index contributed by atoms with van der Waals surface area (Å²) in [4.78, 5) is 13.6. The van der Waals surface area contributed by atoms with E-state index in [1.165, 1.54) is 11.1 Å². The average Bonchev–Trinajstić information content (AvgIpc) is 2.20. The van der Waals surface area contributed by atoms with Crippen LogP contribution in [0.15, 0.2) is 18.2 Å². The standard InChI is InChI=1S/C14H21NO/c1-10(2)8-14(16)15(5)13-7-6-11(3)12(4)9-13/h6-7,9-10H,8H2,1-5H3. The fraction of sp³-hybridized carbons (Fsp3) is 0.500. The number of hydrogen-bond donors (Lipinski definition) is 0. The van der Waals surface area contributed by atoms with Gasteiger partial charge in [0, 0.05) is 19.2 Å². The van der Waals surface area contributed by atoms with E-state index in [1.807, 2.05) is 13.1 Å². The summed E-state index contributed by atoms with van der Waals surface area (Å²) in [5.41, 5.74) is 3.46. The average molecular weight is 219 g/mol. The predicted molar refractivity (Wildman–Crippen MR) is 68.8 cm³/mol. The summed E-state index contributed by atoms with van der Waals surface area (Å²) in [5.74, 6) is 0.583. The van der Waals surface area contributed by atoms with Crippen LogP contribution in [0.25, 0.3) is 0 Å². The van der Waals surface area contributed by atoms with E-state index < -0.39 is 0 Å². The summed E-state index contributed by atoms with van der Waals surface area (Å²) >= 11 is 0. The zero-order chi connectivity index (χ0) is 12.3. The van der Waals surface area contributed by atoms with Crippen LogP contribution < -0.4 is 4.90 Å². The second kappa shape index (κ2) is 5.15. The van der Waals surface area contributed by atoms with Crippen LogP contribution in [0, 0.1) is 19.8 Å². The maximum atomic E-state index is 11.9. The molecular formula is C14H21NO. The first-order valence-electron chi connectivity index (χ1n) is 5.75. The normalized spacial score (nSPS) is 10.6. The Kier molecular flexibility index (Phi) is 4.11. The molecule has 0 radical (unpaired) electrons. The Balaban J connectivity index is 2.83. The van der Waals surface area contributed by atoms with E-state index in [9.17, 15) is 4.79 Å². The van der Waals surface area contributed by atoms with Crippen LogP contribution in [0.2, 0.25) is 0 Å². The van der Waals surface area contributed by atoms with Crippen molar-refractivity contribution in [2.24, 2.45) is 5.92 Å². The third-order valence-corrected chi connectivity index (χ3v) is 2.83. The summed E-state index contributed by atoms with van der Waals surface area (Å²) < 4.78 is 0. The monoisotopic (exact) mass is 219 g/mol. The van der Waals surface area contributed by atoms with E-state index in [-0.39, 0.29) is 5.91 Å². The Morgan fingerprint density at radius 2 is 1.88 bits per heavy atom. The van der Waals surface area contributed by atoms with Gasteiger partial charge in [0.2, 0.25) is 5.91 Å². The van der Waals surface area contributed by atoms with E-state index in [0.717, 1.165) is 5.69 Å². The Morgan fingerprint density at radius 3 is 2.38 bits per heavy atom. The molecule has 0 N–H and O–H groups in total. The van der Waals surface area contributed by atoms with Gasteiger partial charge in [-0.3, -0.25) is 4.79 Å². The zero-order valence-corrected chi connectivity index (χ0v) is 10.9. The van der Waals surface area contributed by atoms with Gasteiger partial charge in [0.15, 0.2) is 0 Å². The van der Waals surface area contributed by atoms with Gasteiger partial charge in [0.25, 0.3) is 0 Å². The van der Waals surface area contributed by atoms with Crippen LogP contribution in [0.1, 0.15) is 31.4 Å². The minimum absolute atomic E-state index is 0.179. The van der Waals surface area contributed by atoms with Gasteiger partial charge < -0.3 is 4.90 Å². The van der Waals surface area contributed by atoms with Crippen LogP contribution in [-0.4, -0.2) is 13.0 Å². The first kappa shape index (κ1) is 12.8. The summed E-state index contributed by atoms with van der Waals surface area (Å²) in [6.45, 7) is 8.27. The van der Waals surface area contributed by atoms with E-state index in [0.29, 0.717) is 12.3 Å². The topological polar surface area (TPSA) is 20.3 Å². The number of rotatable bonds is 3. The second-order valence-corrected chi connectivity index (χ2v) is 4.82. The predicted octanol–water partition coefficient (Wildman–Crippen LogP) is 3.31. The molecule has 2 nitrogen and oxygen atoms in total. The molecule has 2 heteroatoms. The van der Waals surface area contributed by atoms with Crippen LogP contribution in [0.5, 0.6) is 0 Å². The maximum Gasteiger partial charge on any atom is 0.226 e. The number of hydrogen-bond acceptors (Lipinski definition) is 1. The molecule has 1 aromatic carbocycles. The van der Waals surface area contributed by atoms with Gasteiger partial charge in [-0.2, -0.15) is 0 Å². The largest absolute Gasteiger partial charge is 0.315 e. The molecule has 0 saturated carbocycles. The third-order valence-electron chi connectivity index (χ3n) is 2.83. The van der Waals surface area contributed by atoms with E-state index in [2.05, 4.69) is 39.8 Å². The molecule has 0 unspecified atom stereocenters. The quantitative estimate of drug-likeness (QED) is 0.763. The van der Waals surface area contributed by atoms with Crippen molar-refractivity contribution in [3.63, 3.8) is 0 Å². The number of aryl methyl sites for hydroxylation is 2. The second-order valence-electron chi connectivity index (χ2n) is 4.82. The van der Waals surface area contributed by atoms with Crippen LogP contribution >= 0.6 is 0 Å². The van der Waals surface area contributed by atoms with Crippen molar-refractivity contribution < 1.29 is 4.79 Å². The number of nitrogens with zero attached hydrogens (tertiary/aromatic N) is 1. The number of anilines is 1. The Labute approximate surface area is 98.3 Å². The van der Waals surface area contributed by atoms with Gasteiger partial charge in [-0.25, -0.2) is 0 Å². The highest BCUT2D eigenvalue weighted by Gasteiger charge is 2.12. The van der Waals surface area contributed by atoms with Gasteiger partial charge in [-0.15, -0.1) is 0 Å². The fourth-order valence-corrected chi connectivity index (χ4v) is 1.56. The number of carbonyl (C=O) groups excluding carboxylic acids is 1. The molecule has 0 aliphatic heterocycles. The summed E-state index contributed by atoms with van der Waals surface area (Å²) in [6, 6.07) is 6.12. The van der Waals surface area contributed by atoms with Crippen molar-refractivity contribution in [2.75, 3.05) is 11.9 Å². The van der Waals surface area contributed by atoms with Gasteiger partial charge in [0.1, 0.15) is 0 Å². The molecule has 1 amide bonds. The van der Waals surface area contributed by atoms with Crippen molar-refractivity contribution in [2.45, 2.75) is 34.1 Å². The molecule has 0 spiro atoms. The number of carbonyl (C=O) groups is 1. The SMILES string of the molecule is Cc1ccc(N(C)C(=O)CC(C)C)cc1C. The first-order chi connectivity index (χ1) is 7.41. The van der Waals surface area contributed by atoms with Crippen molar-refractivity contribution in [3.8, 4) is 0 Å². The van der Waals surface area contributed by atoms with Crippen LogP contribution in [-0.2, 0) is 4.79 Å². The van der Waals surface area contributed by atoms with Gasteiger partial charge >= 0.3 is 0 Å². The number of amides is 1. The molecule has 88 valence electrons. The minimum atomic E-state index is 0.179. The molecule has 0 heterocycles. The third kappa shape index (κ3) is 3.09. The highest BCUT2D eigenvalue weighted by molar-refractivity contribution is 5.93. The van der Waals surface area contributed by atoms with Crippen molar-refractivity contribution in [3.05, 3.63) is 29.3 Å². The molecule has 0 fully saturated rings. The maximum absolute atomic E-state index is 11.9. The van der Waals surface area contributed by atoms with Crippen molar-refractivity contribution in [1.82, 2.24) is 0 Å². The molecular weight excluding hydrogens is 198 g/mol. The smallest absolute Gasteiger partial charge is 0.226 e. The summed E-state index contributed by atoms with van der Waals surface area (Å²) in [6.07, 6.45) is 0.601. The first-order valence-corrected chi connectivity index (χ1v) is 5.75. The van der Waals surface area contributed by atoms with Gasteiger partial charge in [0.05, 0.1) is 0 Å². The van der Waals surface area contributed by atoms with Gasteiger partial charge in [-0.1, -0.05) is 19.9 Å². The molecule has 0 bridgehead atoms. The Hall–Kier alpha value is -1.31. The highest BCUT2D eigenvalue weighted by Crippen LogP contribution is 2.19. The Morgan fingerprint density at radius 1 is 1.25 bits per heavy atom. The zero-order valence-electron chi connectivity index (χ0n) is 10.9. The summed E-state index contributed by atoms with van der Waals surface area (Å²) in [5, 5.41) is 0. The molecule has 1 rings (SSSR count).